The quantitative estimate of drug-likeness (QED) is 0.671. The highest BCUT2D eigenvalue weighted by molar-refractivity contribution is 7.89. The summed E-state index contributed by atoms with van der Waals surface area (Å²) < 4.78 is 50.6. The molecule has 0 spiro atoms. The summed E-state index contributed by atoms with van der Waals surface area (Å²) in [7, 11) is -4.48. The molecule has 0 atom stereocenters. The van der Waals surface area contributed by atoms with Crippen molar-refractivity contribution >= 4 is 22.7 Å². The molecule has 0 radical (unpaired) electrons. The van der Waals surface area contributed by atoms with E-state index in [1.165, 1.54) is 0 Å². The molecule has 0 unspecified atom stereocenters. The van der Waals surface area contributed by atoms with Crippen LogP contribution in [0.3, 0.4) is 0 Å². The van der Waals surface area contributed by atoms with E-state index in [0.717, 1.165) is 23.3 Å². The molecule has 0 aliphatic heterocycles. The lowest BCUT2D eigenvalue weighted by atomic mass is 10.00. The standard InChI is InChI=1S/C18H13F2NO2S2/c19-15-8-13(9-16(20)18(15)25(21,22)23)12-6-7-14(17(24)10-12)11-4-2-1-3-5-11/h1-10,24H,(H2,21,22,23). The molecular formula is C18H13F2NO2S2. The Bertz CT molecular complexity index is 1030. The van der Waals surface area contributed by atoms with Gasteiger partial charge >= 0.3 is 0 Å². The Balaban J connectivity index is 2.08. The fraction of sp³-hybridized carbons (Fsp3) is 0. The summed E-state index contributed by atoms with van der Waals surface area (Å²) in [6.45, 7) is 0. The predicted octanol–water partition coefficient (Wildman–Crippen LogP) is 4.23. The Kier molecular flexibility index (Phi) is 4.64. The molecule has 128 valence electrons. The third-order valence-electron chi connectivity index (χ3n) is 3.70. The first-order chi connectivity index (χ1) is 11.8. The van der Waals surface area contributed by atoms with Crippen LogP contribution in [0.25, 0.3) is 22.3 Å². The van der Waals surface area contributed by atoms with Crippen molar-refractivity contribution in [1.29, 1.82) is 0 Å². The minimum absolute atomic E-state index is 0.192. The molecule has 0 fully saturated rings. The highest BCUT2D eigenvalue weighted by Crippen LogP contribution is 2.32. The van der Waals surface area contributed by atoms with E-state index in [-0.39, 0.29) is 5.56 Å². The zero-order valence-electron chi connectivity index (χ0n) is 12.8. The molecule has 3 aromatic rings. The molecule has 0 aliphatic rings. The second-order valence-electron chi connectivity index (χ2n) is 5.41. The summed E-state index contributed by atoms with van der Waals surface area (Å²) in [4.78, 5) is -0.511. The average Bonchev–Trinajstić information content (AvgIpc) is 2.53. The molecule has 3 nitrogen and oxygen atoms in total. The van der Waals surface area contributed by atoms with Gasteiger partial charge in [-0.3, -0.25) is 0 Å². The van der Waals surface area contributed by atoms with Crippen LogP contribution >= 0.6 is 12.6 Å². The number of sulfonamides is 1. The van der Waals surface area contributed by atoms with Gasteiger partial charge in [-0.1, -0.05) is 42.5 Å². The maximum Gasteiger partial charge on any atom is 0.243 e. The summed E-state index contributed by atoms with van der Waals surface area (Å²) in [5.74, 6) is -2.46. The van der Waals surface area contributed by atoms with E-state index in [0.29, 0.717) is 10.5 Å². The van der Waals surface area contributed by atoms with Crippen LogP contribution < -0.4 is 5.14 Å². The van der Waals surface area contributed by atoms with Gasteiger partial charge in [0, 0.05) is 4.90 Å². The topological polar surface area (TPSA) is 60.2 Å². The number of nitrogens with two attached hydrogens (primary N) is 1. The Labute approximate surface area is 149 Å². The largest absolute Gasteiger partial charge is 0.243 e. The minimum Gasteiger partial charge on any atom is -0.224 e. The summed E-state index contributed by atoms with van der Waals surface area (Å²) in [6.07, 6.45) is 0. The first-order valence-electron chi connectivity index (χ1n) is 7.18. The molecule has 25 heavy (non-hydrogen) atoms. The first-order valence-corrected chi connectivity index (χ1v) is 9.17. The van der Waals surface area contributed by atoms with Crippen LogP contribution in [-0.4, -0.2) is 8.42 Å². The molecule has 3 aromatic carbocycles. The van der Waals surface area contributed by atoms with E-state index < -0.39 is 26.6 Å². The molecule has 0 amide bonds. The van der Waals surface area contributed by atoms with Crippen molar-refractivity contribution in [2.75, 3.05) is 0 Å². The van der Waals surface area contributed by atoms with Gasteiger partial charge in [0.25, 0.3) is 0 Å². The predicted molar refractivity (Wildman–Crippen MR) is 95.9 cm³/mol. The van der Waals surface area contributed by atoms with Crippen LogP contribution in [0.2, 0.25) is 0 Å². The number of benzene rings is 3. The summed E-state index contributed by atoms with van der Waals surface area (Å²) in [5.41, 5.74) is 2.52. The molecule has 2 N–H and O–H groups in total. The number of primary sulfonamides is 1. The normalized spacial score (nSPS) is 11.5. The average molecular weight is 377 g/mol. The lowest BCUT2D eigenvalue weighted by Gasteiger charge is -2.10. The van der Waals surface area contributed by atoms with Crippen molar-refractivity contribution < 1.29 is 17.2 Å². The van der Waals surface area contributed by atoms with Crippen LogP contribution in [0.15, 0.2) is 70.5 Å². The molecule has 0 saturated carbocycles. The second-order valence-corrected chi connectivity index (χ2v) is 7.39. The lowest BCUT2D eigenvalue weighted by molar-refractivity contribution is 0.520. The zero-order chi connectivity index (χ0) is 18.2. The molecule has 7 heteroatoms. The van der Waals surface area contributed by atoms with Crippen LogP contribution in [0.4, 0.5) is 8.78 Å². The van der Waals surface area contributed by atoms with Crippen LogP contribution in [0.1, 0.15) is 0 Å². The van der Waals surface area contributed by atoms with E-state index in [1.54, 1.807) is 18.2 Å². The fourth-order valence-electron chi connectivity index (χ4n) is 2.57. The Hall–Kier alpha value is -2.22. The van der Waals surface area contributed by atoms with Crippen LogP contribution in [0.5, 0.6) is 0 Å². The molecule has 0 saturated heterocycles. The minimum atomic E-state index is -4.48. The fourth-order valence-corrected chi connectivity index (χ4v) is 3.58. The summed E-state index contributed by atoms with van der Waals surface area (Å²) in [5, 5.41) is 4.84. The molecule has 0 aromatic heterocycles. The van der Waals surface area contributed by atoms with Gasteiger partial charge in [-0.05, 0) is 40.5 Å². The first kappa shape index (κ1) is 17.6. The third-order valence-corrected chi connectivity index (χ3v) is 5.03. The maximum absolute atomic E-state index is 14.0. The monoisotopic (exact) mass is 377 g/mol. The number of rotatable bonds is 3. The SMILES string of the molecule is NS(=O)(=O)c1c(F)cc(-c2ccc(-c3ccccc3)c(S)c2)cc1F. The van der Waals surface area contributed by atoms with E-state index >= 15 is 0 Å². The Morgan fingerprint density at radius 2 is 1.40 bits per heavy atom. The van der Waals surface area contributed by atoms with Gasteiger partial charge in [0.15, 0.2) is 4.90 Å². The molecular weight excluding hydrogens is 364 g/mol. The van der Waals surface area contributed by atoms with Gasteiger partial charge in [0.1, 0.15) is 11.6 Å². The van der Waals surface area contributed by atoms with Gasteiger partial charge in [0.2, 0.25) is 10.0 Å². The number of hydrogen-bond donors (Lipinski definition) is 2. The van der Waals surface area contributed by atoms with E-state index in [2.05, 4.69) is 12.6 Å². The summed E-state index contributed by atoms with van der Waals surface area (Å²) >= 11 is 4.44. The van der Waals surface area contributed by atoms with Gasteiger partial charge in [-0.2, -0.15) is 0 Å². The molecule has 3 rings (SSSR count). The number of thiol groups is 1. The van der Waals surface area contributed by atoms with Crippen LogP contribution in [0, 0.1) is 11.6 Å². The van der Waals surface area contributed by atoms with Crippen molar-refractivity contribution in [3.05, 3.63) is 72.3 Å². The van der Waals surface area contributed by atoms with Gasteiger partial charge in [-0.15, -0.1) is 12.6 Å². The van der Waals surface area contributed by atoms with Gasteiger partial charge in [0.05, 0.1) is 0 Å². The highest BCUT2D eigenvalue weighted by Gasteiger charge is 2.21. The lowest BCUT2D eigenvalue weighted by Crippen LogP contribution is -2.16. The number of halogens is 2. The highest BCUT2D eigenvalue weighted by atomic mass is 32.2. The molecule has 0 bridgehead atoms. The van der Waals surface area contributed by atoms with Gasteiger partial charge < -0.3 is 0 Å². The van der Waals surface area contributed by atoms with Crippen molar-refractivity contribution in [1.82, 2.24) is 0 Å². The molecule has 0 heterocycles. The Morgan fingerprint density at radius 1 is 0.800 bits per heavy atom. The van der Waals surface area contributed by atoms with E-state index in [1.807, 2.05) is 30.3 Å². The Morgan fingerprint density at radius 3 is 1.92 bits per heavy atom. The van der Waals surface area contributed by atoms with Crippen LogP contribution in [-0.2, 0) is 10.0 Å². The third kappa shape index (κ3) is 3.58. The summed E-state index contributed by atoms with van der Waals surface area (Å²) in [6, 6.07) is 16.6. The second kappa shape index (κ2) is 6.59. The number of hydrogen-bond acceptors (Lipinski definition) is 3. The maximum atomic E-state index is 14.0. The van der Waals surface area contributed by atoms with E-state index in [9.17, 15) is 17.2 Å². The van der Waals surface area contributed by atoms with Crippen molar-refractivity contribution in [3.63, 3.8) is 0 Å². The van der Waals surface area contributed by atoms with Crippen molar-refractivity contribution in [2.24, 2.45) is 5.14 Å². The van der Waals surface area contributed by atoms with Gasteiger partial charge in [-0.25, -0.2) is 22.3 Å². The zero-order valence-corrected chi connectivity index (χ0v) is 14.5. The smallest absolute Gasteiger partial charge is 0.224 e. The molecule has 0 aliphatic carbocycles. The van der Waals surface area contributed by atoms with E-state index in [4.69, 9.17) is 5.14 Å². The van der Waals surface area contributed by atoms with Crippen molar-refractivity contribution in [3.8, 4) is 22.3 Å². The van der Waals surface area contributed by atoms with Crippen molar-refractivity contribution in [2.45, 2.75) is 9.79 Å².